The van der Waals surface area contributed by atoms with Crippen molar-refractivity contribution in [3.05, 3.63) is 119 Å². The normalized spacial score (nSPS) is 10.6. The minimum atomic E-state index is -0.556. The van der Waals surface area contributed by atoms with Gasteiger partial charge < -0.3 is 23.7 Å². The summed E-state index contributed by atoms with van der Waals surface area (Å²) in [5, 5.41) is 1.82. The van der Waals surface area contributed by atoms with Crippen molar-refractivity contribution >= 4 is 40.7 Å². The number of carbonyl (C=O) groups excluding carboxylic acids is 4. The third kappa shape index (κ3) is 15.3. The van der Waals surface area contributed by atoms with Crippen LogP contribution < -0.4 is 14.2 Å². The molecule has 0 aliphatic heterocycles. The van der Waals surface area contributed by atoms with Crippen molar-refractivity contribution in [1.82, 2.24) is 0 Å². The minimum Gasteiger partial charge on any atom is -0.494 e. The van der Waals surface area contributed by atoms with Crippen molar-refractivity contribution < 1.29 is 42.9 Å². The van der Waals surface area contributed by atoms with Crippen molar-refractivity contribution in [1.29, 1.82) is 0 Å². The number of fused-ring (bicyclic) bond motifs is 1. The summed E-state index contributed by atoms with van der Waals surface area (Å²) in [6.45, 7) is 14.5. The molecule has 4 rings (SSSR count). The molecule has 0 unspecified atom stereocenters. The second-order valence-corrected chi connectivity index (χ2v) is 12.8. The molecular weight excluding hydrogens is 696 g/mol. The van der Waals surface area contributed by atoms with E-state index in [-0.39, 0.29) is 5.97 Å². The second kappa shape index (κ2) is 23.9. The molecule has 0 bridgehead atoms. The summed E-state index contributed by atoms with van der Waals surface area (Å²) in [5.41, 5.74) is 2.61. The predicted molar refractivity (Wildman–Crippen MR) is 217 cm³/mol. The highest BCUT2D eigenvalue weighted by Crippen LogP contribution is 2.25. The van der Waals surface area contributed by atoms with Gasteiger partial charge in [0.25, 0.3) is 0 Å². The maximum Gasteiger partial charge on any atom is 0.343 e. The molecule has 0 aliphatic rings. The van der Waals surface area contributed by atoms with Gasteiger partial charge in [-0.2, -0.15) is 0 Å². The Balaban J connectivity index is 0.00000399. The van der Waals surface area contributed by atoms with Crippen molar-refractivity contribution in [2.75, 3.05) is 19.8 Å². The Morgan fingerprint density at radius 3 is 1.93 bits per heavy atom. The Labute approximate surface area is 325 Å². The maximum atomic E-state index is 13.0. The van der Waals surface area contributed by atoms with Gasteiger partial charge in [0, 0.05) is 11.6 Å². The fourth-order valence-corrected chi connectivity index (χ4v) is 5.23. The van der Waals surface area contributed by atoms with Crippen LogP contribution in [0.15, 0.2) is 97.1 Å². The SMILES string of the molecule is C=C(C)C(=O)OCCCCCCCCOc1ccc2cc(C(=O)Oc3ccc(C(=O)Oc4ccc(/C=C/C(=O)OCCCC)cc4C)cc3)ccc2c1.CC. The summed E-state index contributed by atoms with van der Waals surface area (Å²) < 4.78 is 27.4. The molecule has 0 heterocycles. The van der Waals surface area contributed by atoms with Crippen LogP contribution in [0.5, 0.6) is 17.2 Å². The molecule has 4 aromatic carbocycles. The van der Waals surface area contributed by atoms with Gasteiger partial charge in [0.15, 0.2) is 0 Å². The van der Waals surface area contributed by atoms with E-state index in [4.69, 9.17) is 23.7 Å². The molecule has 292 valence electrons. The molecule has 55 heavy (non-hydrogen) atoms. The first-order valence-electron chi connectivity index (χ1n) is 19.1. The van der Waals surface area contributed by atoms with Gasteiger partial charge in [-0.1, -0.05) is 77.7 Å². The van der Waals surface area contributed by atoms with E-state index >= 15 is 0 Å². The molecular formula is C46H54O9. The Morgan fingerprint density at radius 2 is 1.24 bits per heavy atom. The minimum absolute atomic E-state index is 0.292. The lowest BCUT2D eigenvalue weighted by Crippen LogP contribution is -2.10. The van der Waals surface area contributed by atoms with Crippen LogP contribution in [0, 0.1) is 6.92 Å². The highest BCUT2D eigenvalue weighted by Gasteiger charge is 2.14. The number of ether oxygens (including phenoxy) is 5. The molecule has 0 amide bonds. The van der Waals surface area contributed by atoms with Gasteiger partial charge in [-0.3, -0.25) is 0 Å². The van der Waals surface area contributed by atoms with E-state index in [0.717, 1.165) is 79.0 Å². The van der Waals surface area contributed by atoms with Crippen LogP contribution in [0.4, 0.5) is 0 Å². The molecule has 0 radical (unpaired) electrons. The Morgan fingerprint density at radius 1 is 0.636 bits per heavy atom. The largest absolute Gasteiger partial charge is 0.494 e. The molecule has 0 aromatic heterocycles. The van der Waals surface area contributed by atoms with Crippen LogP contribution in [0.1, 0.15) is 111 Å². The fourth-order valence-electron chi connectivity index (χ4n) is 5.23. The highest BCUT2D eigenvalue weighted by atomic mass is 16.5. The summed E-state index contributed by atoms with van der Waals surface area (Å²) >= 11 is 0. The second-order valence-electron chi connectivity index (χ2n) is 12.8. The van der Waals surface area contributed by atoms with Gasteiger partial charge in [0.2, 0.25) is 0 Å². The van der Waals surface area contributed by atoms with E-state index in [1.165, 1.54) is 18.2 Å². The zero-order valence-corrected chi connectivity index (χ0v) is 32.8. The summed E-state index contributed by atoms with van der Waals surface area (Å²) in [6, 6.07) is 22.5. The fraction of sp³-hybridized carbons (Fsp3) is 0.348. The van der Waals surface area contributed by atoms with Crippen LogP contribution in [-0.2, 0) is 19.1 Å². The molecule has 0 saturated carbocycles. The lowest BCUT2D eigenvalue weighted by atomic mass is 10.1. The van der Waals surface area contributed by atoms with Gasteiger partial charge in [-0.25, -0.2) is 19.2 Å². The molecule has 0 spiro atoms. The Bertz CT molecular complexity index is 1910. The Hall–Kier alpha value is -5.70. The summed E-state index contributed by atoms with van der Waals surface area (Å²) in [6.07, 6.45) is 10.9. The van der Waals surface area contributed by atoms with E-state index in [1.54, 1.807) is 49.4 Å². The molecule has 0 aliphatic carbocycles. The van der Waals surface area contributed by atoms with Crippen LogP contribution in [0.3, 0.4) is 0 Å². The van der Waals surface area contributed by atoms with Crippen LogP contribution in [0.2, 0.25) is 0 Å². The van der Waals surface area contributed by atoms with E-state index in [9.17, 15) is 19.2 Å². The van der Waals surface area contributed by atoms with Gasteiger partial charge in [0.05, 0.1) is 30.9 Å². The topological polar surface area (TPSA) is 114 Å². The predicted octanol–water partition coefficient (Wildman–Crippen LogP) is 10.8. The van der Waals surface area contributed by atoms with Gasteiger partial charge in [-0.15, -0.1) is 0 Å². The Kier molecular flexibility index (Phi) is 19.0. The average molecular weight is 751 g/mol. The number of carbonyl (C=O) groups is 4. The molecule has 0 atom stereocenters. The van der Waals surface area contributed by atoms with Crippen molar-refractivity contribution in [3.63, 3.8) is 0 Å². The lowest BCUT2D eigenvalue weighted by Gasteiger charge is -2.10. The first-order chi connectivity index (χ1) is 26.6. The third-order valence-corrected chi connectivity index (χ3v) is 8.29. The summed E-state index contributed by atoms with van der Waals surface area (Å²) in [5.74, 6) is -0.350. The average Bonchev–Trinajstić information content (AvgIpc) is 3.19. The first-order valence-corrected chi connectivity index (χ1v) is 19.1. The van der Waals surface area contributed by atoms with Crippen LogP contribution in [-0.4, -0.2) is 43.7 Å². The standard InChI is InChI=1S/C44H48O9.C2H6/c1-5-6-25-50-41(45)24-14-33-13-23-40(32(4)28-33)53-43(47)34-17-20-38(21-18-34)52-44(48)37-16-15-36-30-39(22-19-35(36)29-37)49-26-11-9-7-8-10-12-27-51-42(46)31(2)3;1-2/h13-24,28-30H,2,5-12,25-27H2,1,3-4H3;1-2H3/b24-14+;. The smallest absolute Gasteiger partial charge is 0.343 e. The zero-order chi connectivity index (χ0) is 40.0. The molecule has 9 nitrogen and oxygen atoms in total. The number of aryl methyl sites for hydroxylation is 1. The number of esters is 4. The van der Waals surface area contributed by atoms with Crippen molar-refractivity contribution in [2.45, 2.75) is 86.0 Å². The van der Waals surface area contributed by atoms with Gasteiger partial charge in [-0.05, 0) is 122 Å². The first kappa shape index (κ1) is 43.7. The van der Waals surface area contributed by atoms with Crippen molar-refractivity contribution in [2.24, 2.45) is 0 Å². The number of benzene rings is 4. The molecule has 4 aromatic rings. The number of rotatable bonds is 20. The summed E-state index contributed by atoms with van der Waals surface area (Å²) in [7, 11) is 0. The number of hydrogen-bond acceptors (Lipinski definition) is 9. The number of hydrogen-bond donors (Lipinski definition) is 0. The van der Waals surface area contributed by atoms with Crippen LogP contribution in [0.25, 0.3) is 16.8 Å². The molecule has 0 N–H and O–H groups in total. The van der Waals surface area contributed by atoms with E-state index < -0.39 is 17.9 Å². The quantitative estimate of drug-likeness (QED) is 0.0377. The van der Waals surface area contributed by atoms with Crippen LogP contribution >= 0.6 is 0 Å². The van der Waals surface area contributed by atoms with E-state index in [0.29, 0.717) is 48.0 Å². The van der Waals surface area contributed by atoms with Gasteiger partial charge in [0.1, 0.15) is 17.2 Å². The van der Waals surface area contributed by atoms with E-state index in [1.807, 2.05) is 58.0 Å². The van der Waals surface area contributed by atoms with E-state index in [2.05, 4.69) is 6.58 Å². The lowest BCUT2D eigenvalue weighted by molar-refractivity contribution is -0.139. The highest BCUT2D eigenvalue weighted by molar-refractivity contribution is 5.97. The molecule has 9 heteroatoms. The number of unbranched alkanes of at least 4 members (excludes halogenated alkanes) is 6. The monoisotopic (exact) mass is 750 g/mol. The third-order valence-electron chi connectivity index (χ3n) is 8.29. The molecule has 0 fully saturated rings. The van der Waals surface area contributed by atoms with Gasteiger partial charge >= 0.3 is 23.9 Å². The zero-order valence-electron chi connectivity index (χ0n) is 32.8. The molecule has 0 saturated heterocycles. The van der Waals surface area contributed by atoms with Crippen molar-refractivity contribution in [3.8, 4) is 17.2 Å². The maximum absolute atomic E-state index is 13.0. The summed E-state index contributed by atoms with van der Waals surface area (Å²) in [4.78, 5) is 49.0.